The molecule has 6 nitrogen and oxygen atoms in total. The highest BCUT2D eigenvalue weighted by Crippen LogP contribution is 2.48. The molecule has 0 unspecified atom stereocenters. The van der Waals surface area contributed by atoms with Crippen LogP contribution in [0.15, 0.2) is 48.8 Å². The molecule has 1 saturated heterocycles. The number of amides is 1. The fourth-order valence-electron chi connectivity index (χ4n) is 4.26. The number of piperidine rings is 1. The van der Waals surface area contributed by atoms with Crippen LogP contribution in [0.4, 0.5) is 8.78 Å². The first-order chi connectivity index (χ1) is 14.8. The first-order valence-corrected chi connectivity index (χ1v) is 10.3. The molecule has 0 radical (unpaired) electrons. The number of carbonyl (C=O) groups is 2. The molecule has 160 valence electrons. The van der Waals surface area contributed by atoms with E-state index in [2.05, 4.69) is 4.98 Å². The number of benzene rings is 1. The fraction of sp³-hybridized carbons (Fsp3) is 0.348. The Morgan fingerprint density at radius 3 is 2.29 bits per heavy atom. The van der Waals surface area contributed by atoms with E-state index >= 15 is 0 Å². The average molecular weight is 425 g/mol. The van der Waals surface area contributed by atoms with Crippen LogP contribution in [0.5, 0.6) is 0 Å². The van der Waals surface area contributed by atoms with E-state index in [-0.39, 0.29) is 31.8 Å². The second kappa shape index (κ2) is 6.87. The van der Waals surface area contributed by atoms with Crippen molar-refractivity contribution >= 4 is 22.9 Å². The molecule has 1 aromatic carbocycles. The van der Waals surface area contributed by atoms with Crippen molar-refractivity contribution in [2.24, 2.45) is 0 Å². The Balaban J connectivity index is 1.39. The van der Waals surface area contributed by atoms with E-state index < -0.39 is 17.3 Å². The predicted octanol–water partition coefficient (Wildman–Crippen LogP) is 4.01. The molecule has 1 aliphatic heterocycles. The van der Waals surface area contributed by atoms with Crippen molar-refractivity contribution in [1.82, 2.24) is 14.5 Å². The lowest BCUT2D eigenvalue weighted by atomic mass is 9.96. The van der Waals surface area contributed by atoms with Gasteiger partial charge in [-0.3, -0.25) is 9.59 Å². The maximum Gasteiger partial charge on any atom is 0.314 e. The predicted molar refractivity (Wildman–Crippen MR) is 110 cm³/mol. The van der Waals surface area contributed by atoms with Gasteiger partial charge in [0, 0.05) is 49.4 Å². The Bertz CT molecular complexity index is 1170. The van der Waals surface area contributed by atoms with Crippen molar-refractivity contribution in [2.45, 2.75) is 37.0 Å². The summed E-state index contributed by atoms with van der Waals surface area (Å²) in [6.45, 7) is 0.0735. The summed E-state index contributed by atoms with van der Waals surface area (Å²) in [6, 6.07) is 11.0. The van der Waals surface area contributed by atoms with Crippen LogP contribution in [0.2, 0.25) is 0 Å². The number of hydrogen-bond donors (Lipinski definition) is 1. The lowest BCUT2D eigenvalue weighted by molar-refractivity contribution is -0.140. The molecule has 2 fully saturated rings. The Morgan fingerprint density at radius 1 is 1.00 bits per heavy atom. The first-order valence-electron chi connectivity index (χ1n) is 10.3. The van der Waals surface area contributed by atoms with Crippen molar-refractivity contribution in [3.05, 3.63) is 59.9 Å². The number of alkyl halides is 2. The highest BCUT2D eigenvalue weighted by atomic mass is 19.3. The van der Waals surface area contributed by atoms with Crippen molar-refractivity contribution in [3.63, 3.8) is 0 Å². The zero-order valence-corrected chi connectivity index (χ0v) is 16.7. The van der Waals surface area contributed by atoms with Gasteiger partial charge in [-0.2, -0.15) is 0 Å². The third-order valence-electron chi connectivity index (χ3n) is 6.41. The number of carboxylic acids is 1. The van der Waals surface area contributed by atoms with Gasteiger partial charge in [0.2, 0.25) is 0 Å². The van der Waals surface area contributed by atoms with E-state index in [9.17, 15) is 23.5 Å². The topological polar surface area (TPSA) is 75.4 Å². The number of pyridine rings is 1. The van der Waals surface area contributed by atoms with Crippen LogP contribution in [0.25, 0.3) is 16.7 Å². The van der Waals surface area contributed by atoms with Gasteiger partial charge in [-0.15, -0.1) is 0 Å². The number of aliphatic carboxylic acids is 1. The molecule has 0 atom stereocenters. The molecular weight excluding hydrogens is 404 g/mol. The second-order valence-electron chi connectivity index (χ2n) is 8.40. The van der Waals surface area contributed by atoms with Gasteiger partial charge in [-0.1, -0.05) is 12.1 Å². The van der Waals surface area contributed by atoms with Crippen molar-refractivity contribution in [2.75, 3.05) is 13.1 Å². The molecule has 2 aromatic heterocycles. The quantitative estimate of drug-likeness (QED) is 0.685. The molecule has 5 rings (SSSR count). The lowest BCUT2D eigenvalue weighted by Crippen LogP contribution is -2.42. The van der Waals surface area contributed by atoms with Crippen LogP contribution >= 0.6 is 0 Å². The van der Waals surface area contributed by atoms with Gasteiger partial charge >= 0.3 is 5.97 Å². The van der Waals surface area contributed by atoms with Crippen LogP contribution in [0.3, 0.4) is 0 Å². The van der Waals surface area contributed by atoms with Crippen LogP contribution in [0.1, 0.15) is 41.6 Å². The number of halogens is 2. The Morgan fingerprint density at radius 2 is 1.68 bits per heavy atom. The molecule has 1 aliphatic carbocycles. The Hall–Kier alpha value is -3.29. The smallest absolute Gasteiger partial charge is 0.314 e. The number of carbonyl (C=O) groups excluding carboxylic acids is 1. The average Bonchev–Trinajstić information content (AvgIpc) is 3.47. The molecule has 0 spiro atoms. The minimum absolute atomic E-state index is 0.0368. The summed E-state index contributed by atoms with van der Waals surface area (Å²) in [5, 5.41) is 10.2. The number of rotatable bonds is 4. The third kappa shape index (κ3) is 3.36. The van der Waals surface area contributed by atoms with Gasteiger partial charge in [0.1, 0.15) is 5.65 Å². The van der Waals surface area contributed by atoms with Gasteiger partial charge in [-0.05, 0) is 42.7 Å². The van der Waals surface area contributed by atoms with Crippen LogP contribution < -0.4 is 0 Å². The van der Waals surface area contributed by atoms with Crippen molar-refractivity contribution in [1.29, 1.82) is 0 Å². The zero-order valence-electron chi connectivity index (χ0n) is 16.7. The molecule has 3 heterocycles. The van der Waals surface area contributed by atoms with Gasteiger partial charge in [-0.25, -0.2) is 13.8 Å². The van der Waals surface area contributed by atoms with Crippen LogP contribution in [-0.2, 0) is 10.2 Å². The van der Waals surface area contributed by atoms with Gasteiger partial charge < -0.3 is 14.6 Å². The summed E-state index contributed by atoms with van der Waals surface area (Å²) >= 11 is 0. The van der Waals surface area contributed by atoms with E-state index in [0.29, 0.717) is 24.1 Å². The SMILES string of the molecule is O=C(c1cnc2c(ccn2-c2ccc(C3(C(=O)O)CC3)cc2)c1)N1CCC(F)(F)CC1. The van der Waals surface area contributed by atoms with E-state index in [1.807, 2.05) is 41.1 Å². The molecule has 3 aromatic rings. The molecule has 0 bridgehead atoms. The van der Waals surface area contributed by atoms with Crippen LogP contribution in [-0.4, -0.2) is 50.4 Å². The number of aromatic nitrogens is 2. The van der Waals surface area contributed by atoms with Gasteiger partial charge in [0.05, 0.1) is 11.0 Å². The Kier molecular flexibility index (Phi) is 4.35. The largest absolute Gasteiger partial charge is 0.481 e. The molecule has 8 heteroatoms. The van der Waals surface area contributed by atoms with Crippen LogP contribution in [0, 0.1) is 0 Å². The summed E-state index contributed by atoms with van der Waals surface area (Å²) in [5.41, 5.74) is 1.93. The fourth-order valence-corrected chi connectivity index (χ4v) is 4.26. The minimum atomic E-state index is -2.70. The van der Waals surface area contributed by atoms with Crippen molar-refractivity contribution in [3.8, 4) is 5.69 Å². The van der Waals surface area contributed by atoms with E-state index in [4.69, 9.17) is 0 Å². The maximum absolute atomic E-state index is 13.4. The molecular formula is C23H21F2N3O3. The molecule has 1 amide bonds. The second-order valence-corrected chi connectivity index (χ2v) is 8.40. The lowest BCUT2D eigenvalue weighted by Gasteiger charge is -2.31. The number of hydrogen-bond acceptors (Lipinski definition) is 3. The van der Waals surface area contributed by atoms with E-state index in [0.717, 1.165) is 16.6 Å². The summed E-state index contributed by atoms with van der Waals surface area (Å²) in [6.07, 6.45) is 3.99. The first kappa shape index (κ1) is 19.7. The van der Waals surface area contributed by atoms with Gasteiger partial charge in [0.15, 0.2) is 0 Å². The van der Waals surface area contributed by atoms with E-state index in [1.165, 1.54) is 11.1 Å². The molecule has 1 N–H and O–H groups in total. The molecule has 31 heavy (non-hydrogen) atoms. The number of nitrogens with zero attached hydrogens (tertiary/aromatic N) is 3. The number of carboxylic acid groups (broad SMARTS) is 1. The standard InChI is InChI=1S/C23H21F2N3O3/c24-23(25)8-11-27(12-9-23)20(29)16-13-15-5-10-28(19(15)26-14-16)18-3-1-17(2-4-18)22(6-7-22)21(30)31/h1-5,10,13-14H,6-9,11-12H2,(H,30,31). The zero-order chi connectivity index (χ0) is 21.8. The summed E-state index contributed by atoms with van der Waals surface area (Å²) in [7, 11) is 0. The van der Waals surface area contributed by atoms with E-state index in [1.54, 1.807) is 6.07 Å². The highest BCUT2D eigenvalue weighted by Gasteiger charge is 2.51. The Labute approximate surface area is 177 Å². The maximum atomic E-state index is 13.4. The third-order valence-corrected chi connectivity index (χ3v) is 6.41. The number of likely N-dealkylation sites (tertiary alicyclic amines) is 1. The highest BCUT2D eigenvalue weighted by molar-refractivity contribution is 5.97. The molecule has 2 aliphatic rings. The monoisotopic (exact) mass is 425 g/mol. The minimum Gasteiger partial charge on any atom is -0.481 e. The summed E-state index contributed by atoms with van der Waals surface area (Å²) in [4.78, 5) is 30.1. The summed E-state index contributed by atoms with van der Waals surface area (Å²) in [5.74, 6) is -3.77. The normalized spacial score (nSPS) is 19.4. The molecule has 1 saturated carbocycles. The summed E-state index contributed by atoms with van der Waals surface area (Å²) < 4.78 is 28.6. The number of fused-ring (bicyclic) bond motifs is 1. The van der Waals surface area contributed by atoms with Crippen molar-refractivity contribution < 1.29 is 23.5 Å². The van der Waals surface area contributed by atoms with Gasteiger partial charge in [0.25, 0.3) is 11.8 Å².